The number of hydrogen-bond donors (Lipinski definition) is 3. The molecule has 0 aliphatic heterocycles. The van der Waals surface area contributed by atoms with E-state index in [2.05, 4.69) is 5.32 Å². The van der Waals surface area contributed by atoms with Gasteiger partial charge in [-0.3, -0.25) is 0 Å². The lowest BCUT2D eigenvalue weighted by Crippen LogP contribution is -2.62. The van der Waals surface area contributed by atoms with Crippen LogP contribution in [-0.4, -0.2) is 28.8 Å². The zero-order valence-electron chi connectivity index (χ0n) is 11.6. The average Bonchev–Trinajstić information content (AvgIpc) is 2.32. The number of anilines is 1. The first-order chi connectivity index (χ1) is 9.49. The molecule has 0 aromatic heterocycles. The molecule has 116 valence electrons. The molecule has 21 heavy (non-hydrogen) atoms. The van der Waals surface area contributed by atoms with Crippen LogP contribution in [0.3, 0.4) is 0 Å². The largest absolute Gasteiger partial charge is 0.479 e. The Morgan fingerprint density at radius 1 is 1.14 bits per heavy atom. The van der Waals surface area contributed by atoms with Crippen molar-refractivity contribution < 1.29 is 27.9 Å². The molecule has 3 N–H and O–H groups in total. The molecule has 5 nitrogen and oxygen atoms in total. The minimum Gasteiger partial charge on any atom is -0.479 e. The topological polar surface area (TPSA) is 78.4 Å². The van der Waals surface area contributed by atoms with Crippen LogP contribution in [0.25, 0.3) is 0 Å². The Morgan fingerprint density at radius 3 is 2.00 bits per heavy atom. The molecule has 0 bridgehead atoms. The van der Waals surface area contributed by atoms with Crippen LogP contribution in [0, 0.1) is 13.8 Å². The fraction of sp³-hybridized carbons (Fsp3) is 0.385. The molecule has 1 aromatic carbocycles. The van der Waals surface area contributed by atoms with Crippen molar-refractivity contribution in [1.82, 2.24) is 5.32 Å². The highest BCUT2D eigenvalue weighted by Gasteiger charge is 2.58. The number of carboxylic acid groups (broad SMARTS) is 1. The van der Waals surface area contributed by atoms with Gasteiger partial charge in [-0.2, -0.15) is 13.2 Å². The predicted molar refractivity (Wildman–Crippen MR) is 70.2 cm³/mol. The van der Waals surface area contributed by atoms with E-state index in [0.29, 0.717) is 23.7 Å². The second kappa shape index (κ2) is 5.63. The SMILES string of the molecule is Cc1cccc(C)c1NC(=O)NC(C)(C(=O)O)C(F)(F)F. The maximum Gasteiger partial charge on any atom is 0.422 e. The summed E-state index contributed by atoms with van der Waals surface area (Å²) in [6.07, 6.45) is -5.13. The Labute approximate surface area is 119 Å². The third-order valence-electron chi connectivity index (χ3n) is 3.08. The number of carbonyl (C=O) groups is 2. The van der Waals surface area contributed by atoms with E-state index in [4.69, 9.17) is 5.11 Å². The van der Waals surface area contributed by atoms with E-state index in [1.54, 1.807) is 32.0 Å². The number of rotatable bonds is 3. The van der Waals surface area contributed by atoms with Crippen LogP contribution in [0.5, 0.6) is 0 Å². The minimum absolute atomic E-state index is 0.338. The van der Waals surface area contributed by atoms with Gasteiger partial charge in [0.25, 0.3) is 0 Å². The third-order valence-corrected chi connectivity index (χ3v) is 3.08. The quantitative estimate of drug-likeness (QED) is 0.803. The van der Waals surface area contributed by atoms with Crippen LogP contribution < -0.4 is 10.6 Å². The fourth-order valence-corrected chi connectivity index (χ4v) is 1.63. The standard InChI is InChI=1S/C13H15F3N2O3/c1-7-5-4-6-8(2)9(7)17-11(21)18-12(3,10(19)20)13(14,15)16/h4-6H,1-3H3,(H,19,20)(H2,17,18,21). The van der Waals surface area contributed by atoms with Gasteiger partial charge in [-0.15, -0.1) is 0 Å². The number of benzene rings is 1. The van der Waals surface area contributed by atoms with Crippen LogP contribution in [-0.2, 0) is 4.79 Å². The van der Waals surface area contributed by atoms with Crippen LogP contribution in [0.15, 0.2) is 18.2 Å². The number of hydrogen-bond acceptors (Lipinski definition) is 2. The summed E-state index contributed by atoms with van der Waals surface area (Å²) in [5.41, 5.74) is -1.73. The summed E-state index contributed by atoms with van der Waals surface area (Å²) in [6, 6.07) is 3.82. The van der Waals surface area contributed by atoms with Crippen molar-refractivity contribution >= 4 is 17.7 Å². The summed E-state index contributed by atoms with van der Waals surface area (Å²) in [6.45, 7) is 3.73. The first kappa shape index (κ1) is 16.8. The summed E-state index contributed by atoms with van der Waals surface area (Å²) < 4.78 is 38.4. The lowest BCUT2D eigenvalue weighted by Gasteiger charge is -2.28. The van der Waals surface area contributed by atoms with Crippen molar-refractivity contribution in [1.29, 1.82) is 0 Å². The van der Waals surface area contributed by atoms with Gasteiger partial charge < -0.3 is 15.7 Å². The van der Waals surface area contributed by atoms with Crippen molar-refractivity contribution in [3.8, 4) is 0 Å². The Balaban J connectivity index is 2.98. The van der Waals surface area contributed by atoms with Gasteiger partial charge in [-0.05, 0) is 31.9 Å². The maximum absolute atomic E-state index is 12.8. The monoisotopic (exact) mass is 304 g/mol. The van der Waals surface area contributed by atoms with Gasteiger partial charge in [0.15, 0.2) is 0 Å². The Hall–Kier alpha value is -2.25. The van der Waals surface area contributed by atoms with Gasteiger partial charge in [0.1, 0.15) is 0 Å². The first-order valence-electron chi connectivity index (χ1n) is 5.94. The number of carbonyl (C=O) groups excluding carboxylic acids is 1. The normalized spacial score (nSPS) is 14.2. The molecule has 0 heterocycles. The number of halogens is 3. The zero-order valence-corrected chi connectivity index (χ0v) is 11.6. The number of para-hydroxylation sites is 1. The summed E-state index contributed by atoms with van der Waals surface area (Å²) in [5.74, 6) is -2.19. The van der Waals surface area contributed by atoms with Gasteiger partial charge in [0.2, 0.25) is 5.54 Å². The number of urea groups is 1. The highest BCUT2D eigenvalue weighted by Crippen LogP contribution is 2.30. The molecule has 0 spiro atoms. The van der Waals surface area contributed by atoms with E-state index in [0.717, 1.165) is 0 Å². The number of aryl methyl sites for hydroxylation is 2. The van der Waals surface area contributed by atoms with Crippen molar-refractivity contribution in [3.63, 3.8) is 0 Å². The lowest BCUT2D eigenvalue weighted by atomic mass is 10.0. The van der Waals surface area contributed by atoms with Gasteiger partial charge in [0.05, 0.1) is 0 Å². The smallest absolute Gasteiger partial charge is 0.422 e. The molecule has 1 atom stereocenters. The lowest BCUT2D eigenvalue weighted by molar-refractivity contribution is -0.203. The molecule has 0 radical (unpaired) electrons. The average molecular weight is 304 g/mol. The minimum atomic E-state index is -5.13. The molecule has 1 rings (SSSR count). The van der Waals surface area contributed by atoms with Gasteiger partial charge >= 0.3 is 18.2 Å². The van der Waals surface area contributed by atoms with Crippen molar-refractivity contribution in [2.24, 2.45) is 0 Å². The molecular formula is C13H15F3N2O3. The van der Waals surface area contributed by atoms with Crippen molar-refractivity contribution in [2.45, 2.75) is 32.5 Å². The van der Waals surface area contributed by atoms with Crippen LogP contribution in [0.1, 0.15) is 18.1 Å². The van der Waals surface area contributed by atoms with E-state index in [-0.39, 0.29) is 0 Å². The van der Waals surface area contributed by atoms with Crippen molar-refractivity contribution in [2.75, 3.05) is 5.32 Å². The summed E-state index contributed by atoms with van der Waals surface area (Å²) in [4.78, 5) is 22.5. The van der Waals surface area contributed by atoms with E-state index >= 15 is 0 Å². The maximum atomic E-state index is 12.8. The summed E-state index contributed by atoms with van der Waals surface area (Å²) >= 11 is 0. The molecule has 0 fully saturated rings. The van der Waals surface area contributed by atoms with Crippen molar-refractivity contribution in [3.05, 3.63) is 29.3 Å². The number of nitrogens with one attached hydrogen (secondary N) is 2. The second-order valence-corrected chi connectivity index (χ2v) is 4.77. The van der Waals surface area contributed by atoms with E-state index in [1.807, 2.05) is 0 Å². The molecule has 0 aliphatic carbocycles. The van der Waals surface area contributed by atoms with Crippen LogP contribution in [0.4, 0.5) is 23.7 Å². The number of amides is 2. The van der Waals surface area contributed by atoms with Gasteiger partial charge in [-0.25, -0.2) is 9.59 Å². The number of carboxylic acids is 1. The molecule has 0 aliphatic rings. The number of alkyl halides is 3. The fourth-order valence-electron chi connectivity index (χ4n) is 1.63. The molecule has 0 saturated carbocycles. The Bertz CT molecular complexity index is 552. The molecule has 1 aromatic rings. The first-order valence-corrected chi connectivity index (χ1v) is 5.94. The molecular weight excluding hydrogens is 289 g/mol. The highest BCUT2D eigenvalue weighted by atomic mass is 19.4. The van der Waals surface area contributed by atoms with E-state index in [9.17, 15) is 22.8 Å². The number of aliphatic carboxylic acids is 1. The zero-order chi connectivity index (χ0) is 16.4. The Morgan fingerprint density at radius 2 is 1.62 bits per heavy atom. The van der Waals surface area contributed by atoms with Gasteiger partial charge in [-0.1, -0.05) is 18.2 Å². The molecule has 8 heteroatoms. The van der Waals surface area contributed by atoms with E-state index < -0.39 is 23.7 Å². The van der Waals surface area contributed by atoms with Crippen LogP contribution >= 0.6 is 0 Å². The van der Waals surface area contributed by atoms with Crippen LogP contribution in [0.2, 0.25) is 0 Å². The molecule has 2 amide bonds. The highest BCUT2D eigenvalue weighted by molar-refractivity contribution is 5.95. The Kier molecular flexibility index (Phi) is 4.50. The molecule has 0 saturated heterocycles. The second-order valence-electron chi connectivity index (χ2n) is 4.77. The summed E-state index contributed by atoms with van der Waals surface area (Å²) in [5, 5.41) is 12.4. The predicted octanol–water partition coefficient (Wildman–Crippen LogP) is 2.83. The summed E-state index contributed by atoms with van der Waals surface area (Å²) in [7, 11) is 0. The molecule has 1 unspecified atom stereocenters. The van der Waals surface area contributed by atoms with Gasteiger partial charge in [0, 0.05) is 5.69 Å². The van der Waals surface area contributed by atoms with E-state index in [1.165, 1.54) is 5.32 Å². The third kappa shape index (κ3) is 3.45.